The van der Waals surface area contributed by atoms with Crippen molar-refractivity contribution in [2.24, 2.45) is 0 Å². The molecule has 0 aliphatic carbocycles. The average Bonchev–Trinajstić information content (AvgIpc) is 2.64. The summed E-state index contributed by atoms with van der Waals surface area (Å²) in [4.78, 5) is 4.90. The summed E-state index contributed by atoms with van der Waals surface area (Å²) in [5.74, 6) is 1.24. The Hall–Kier alpha value is -1.35. The summed E-state index contributed by atoms with van der Waals surface area (Å²) in [7, 11) is 0. The summed E-state index contributed by atoms with van der Waals surface area (Å²) < 4.78 is 2.42. The number of hydrogen-bond donors (Lipinski definition) is 1. The predicted molar refractivity (Wildman–Crippen MR) is 79.2 cm³/mol. The summed E-state index contributed by atoms with van der Waals surface area (Å²) in [5.41, 5.74) is 2.42. The van der Waals surface area contributed by atoms with Crippen LogP contribution in [0.3, 0.4) is 0 Å². The van der Waals surface area contributed by atoms with Crippen LogP contribution in [0.25, 0.3) is 11.0 Å². The molecule has 2 aromatic rings. The van der Waals surface area contributed by atoms with E-state index in [-0.39, 0.29) is 0 Å². The van der Waals surface area contributed by atoms with Gasteiger partial charge >= 0.3 is 0 Å². The minimum absolute atomic E-state index is 0.432. The van der Waals surface area contributed by atoms with Crippen LogP contribution in [-0.2, 0) is 6.54 Å². The van der Waals surface area contributed by atoms with Crippen LogP contribution in [-0.4, -0.2) is 16.1 Å². The average molecular weight is 257 g/mol. The number of benzene rings is 1. The van der Waals surface area contributed by atoms with Crippen LogP contribution in [0, 0.1) is 0 Å². The van der Waals surface area contributed by atoms with Crippen LogP contribution in [0.2, 0.25) is 0 Å². The summed E-state index contributed by atoms with van der Waals surface area (Å²) >= 11 is 0. The maximum Gasteiger partial charge on any atom is 0.127 e. The Morgan fingerprint density at radius 2 is 2.16 bits per heavy atom. The van der Waals surface area contributed by atoms with E-state index in [1.807, 2.05) is 0 Å². The van der Waals surface area contributed by atoms with Gasteiger partial charge in [0, 0.05) is 6.54 Å². The van der Waals surface area contributed by atoms with Crippen LogP contribution in [0.4, 0.5) is 0 Å². The molecule has 1 atom stereocenters. The first-order valence-electron chi connectivity index (χ1n) is 7.58. The van der Waals surface area contributed by atoms with Crippen molar-refractivity contribution in [3.63, 3.8) is 0 Å². The van der Waals surface area contributed by atoms with E-state index >= 15 is 0 Å². The van der Waals surface area contributed by atoms with Crippen molar-refractivity contribution in [3.05, 3.63) is 30.1 Å². The summed E-state index contributed by atoms with van der Waals surface area (Å²) in [6, 6.07) is 8.94. The van der Waals surface area contributed by atoms with Gasteiger partial charge in [0.25, 0.3) is 0 Å². The summed E-state index contributed by atoms with van der Waals surface area (Å²) in [5, 5.41) is 3.67. The molecule has 0 saturated carbocycles. The number of aryl methyl sites for hydroxylation is 1. The van der Waals surface area contributed by atoms with Crippen molar-refractivity contribution in [1.82, 2.24) is 14.9 Å². The van der Waals surface area contributed by atoms with Gasteiger partial charge in [0.15, 0.2) is 0 Å². The molecule has 1 aromatic heterocycles. The number of nitrogens with zero attached hydrogens (tertiary/aromatic N) is 2. The van der Waals surface area contributed by atoms with E-state index < -0.39 is 0 Å². The van der Waals surface area contributed by atoms with E-state index in [1.165, 1.54) is 37.0 Å². The highest BCUT2D eigenvalue weighted by Crippen LogP contribution is 2.26. The molecule has 0 bridgehead atoms. The number of imidazole rings is 1. The molecule has 0 radical (unpaired) electrons. The van der Waals surface area contributed by atoms with Crippen molar-refractivity contribution in [2.45, 2.75) is 51.6 Å². The molecule has 19 heavy (non-hydrogen) atoms. The number of nitrogens with one attached hydrogen (secondary N) is 1. The molecule has 102 valence electrons. The van der Waals surface area contributed by atoms with E-state index in [9.17, 15) is 0 Å². The van der Waals surface area contributed by atoms with Crippen molar-refractivity contribution in [3.8, 4) is 0 Å². The Bertz CT molecular complexity index is 536. The topological polar surface area (TPSA) is 29.9 Å². The van der Waals surface area contributed by atoms with E-state index in [4.69, 9.17) is 4.98 Å². The Balaban J connectivity index is 2.02. The Kier molecular flexibility index (Phi) is 3.83. The summed E-state index contributed by atoms with van der Waals surface area (Å²) in [6.07, 6.45) is 6.32. The first-order chi connectivity index (χ1) is 9.40. The second-order valence-corrected chi connectivity index (χ2v) is 5.47. The molecule has 1 aromatic carbocycles. The van der Waals surface area contributed by atoms with Crippen molar-refractivity contribution in [1.29, 1.82) is 0 Å². The lowest BCUT2D eigenvalue weighted by Gasteiger charge is -2.17. The zero-order chi connectivity index (χ0) is 13.1. The van der Waals surface area contributed by atoms with Crippen molar-refractivity contribution in [2.75, 3.05) is 6.54 Å². The molecule has 1 aliphatic heterocycles. The van der Waals surface area contributed by atoms with Gasteiger partial charge in [-0.1, -0.05) is 31.9 Å². The van der Waals surface area contributed by atoms with Crippen LogP contribution in [0.1, 0.15) is 50.9 Å². The summed E-state index contributed by atoms with van der Waals surface area (Å²) in [6.45, 7) is 4.42. The standard InChI is InChI=1S/C16H23N3/c1-2-12-19-15-10-6-5-8-13(15)18-16(19)14-9-4-3-7-11-17-14/h5-6,8,10,14,17H,2-4,7,9,11-12H2,1H3. The maximum atomic E-state index is 4.90. The van der Waals surface area contributed by atoms with Crippen LogP contribution >= 0.6 is 0 Å². The first-order valence-corrected chi connectivity index (χ1v) is 7.58. The largest absolute Gasteiger partial charge is 0.327 e. The van der Waals surface area contributed by atoms with Gasteiger partial charge in [-0.25, -0.2) is 4.98 Å². The van der Waals surface area contributed by atoms with E-state index in [2.05, 4.69) is 41.1 Å². The Labute approximate surface area is 115 Å². The molecule has 1 N–H and O–H groups in total. The number of hydrogen-bond acceptors (Lipinski definition) is 2. The lowest BCUT2D eigenvalue weighted by molar-refractivity contribution is 0.480. The molecule has 1 aliphatic rings. The monoisotopic (exact) mass is 257 g/mol. The number of para-hydroxylation sites is 2. The molecule has 3 heteroatoms. The van der Waals surface area contributed by atoms with Gasteiger partial charge in [0.1, 0.15) is 5.82 Å². The minimum atomic E-state index is 0.432. The second kappa shape index (κ2) is 5.74. The van der Waals surface area contributed by atoms with Crippen LogP contribution in [0.15, 0.2) is 24.3 Å². The second-order valence-electron chi connectivity index (χ2n) is 5.47. The number of rotatable bonds is 3. The zero-order valence-corrected chi connectivity index (χ0v) is 11.7. The van der Waals surface area contributed by atoms with E-state index in [0.717, 1.165) is 25.0 Å². The lowest BCUT2D eigenvalue weighted by Crippen LogP contribution is -2.23. The van der Waals surface area contributed by atoms with Crippen LogP contribution < -0.4 is 5.32 Å². The fourth-order valence-corrected chi connectivity index (χ4v) is 3.07. The third-order valence-corrected chi connectivity index (χ3v) is 4.00. The van der Waals surface area contributed by atoms with Gasteiger partial charge in [-0.15, -0.1) is 0 Å². The molecule has 1 unspecified atom stereocenters. The van der Waals surface area contributed by atoms with Crippen molar-refractivity contribution < 1.29 is 0 Å². The fraction of sp³-hybridized carbons (Fsp3) is 0.562. The van der Waals surface area contributed by atoms with Crippen molar-refractivity contribution >= 4 is 11.0 Å². The quantitative estimate of drug-likeness (QED) is 0.909. The van der Waals surface area contributed by atoms with Crippen LogP contribution in [0.5, 0.6) is 0 Å². The Morgan fingerprint density at radius 1 is 1.26 bits per heavy atom. The highest BCUT2D eigenvalue weighted by Gasteiger charge is 2.20. The van der Waals surface area contributed by atoms with E-state index in [0.29, 0.717) is 6.04 Å². The molecule has 3 nitrogen and oxygen atoms in total. The van der Waals surface area contributed by atoms with Gasteiger partial charge < -0.3 is 9.88 Å². The van der Waals surface area contributed by atoms with E-state index in [1.54, 1.807) is 0 Å². The van der Waals surface area contributed by atoms with Gasteiger partial charge in [0.05, 0.1) is 17.1 Å². The first kappa shape index (κ1) is 12.7. The van der Waals surface area contributed by atoms with Gasteiger partial charge in [-0.2, -0.15) is 0 Å². The Morgan fingerprint density at radius 3 is 3.05 bits per heavy atom. The molecule has 2 heterocycles. The zero-order valence-electron chi connectivity index (χ0n) is 11.7. The lowest BCUT2D eigenvalue weighted by atomic mass is 10.1. The fourth-order valence-electron chi connectivity index (χ4n) is 3.07. The third-order valence-electron chi connectivity index (χ3n) is 4.00. The highest BCUT2D eigenvalue weighted by molar-refractivity contribution is 5.76. The number of aromatic nitrogens is 2. The smallest absolute Gasteiger partial charge is 0.127 e. The molecular weight excluding hydrogens is 234 g/mol. The molecule has 0 amide bonds. The maximum absolute atomic E-state index is 4.90. The third kappa shape index (κ3) is 2.52. The molecule has 1 saturated heterocycles. The minimum Gasteiger partial charge on any atom is -0.327 e. The highest BCUT2D eigenvalue weighted by atomic mass is 15.1. The molecule has 1 fully saturated rings. The number of fused-ring (bicyclic) bond motifs is 1. The molecule has 0 spiro atoms. The predicted octanol–water partition coefficient (Wildman–Crippen LogP) is 3.65. The SMILES string of the molecule is CCCn1c(C2CCCCCN2)nc2ccccc21. The van der Waals surface area contributed by atoms with Gasteiger partial charge in [-0.3, -0.25) is 0 Å². The molecular formula is C16H23N3. The normalized spacial score (nSPS) is 20.6. The van der Waals surface area contributed by atoms with Gasteiger partial charge in [0.2, 0.25) is 0 Å². The van der Waals surface area contributed by atoms with Gasteiger partial charge in [-0.05, 0) is 37.9 Å². The molecule has 3 rings (SSSR count).